The number of hydrogen-bond donors (Lipinski definition) is 0. The molecular formula is C49H32N4. The van der Waals surface area contributed by atoms with E-state index in [-0.39, 0.29) is 0 Å². The second kappa shape index (κ2) is 12.9. The van der Waals surface area contributed by atoms with E-state index >= 15 is 0 Å². The van der Waals surface area contributed by atoms with Crippen molar-refractivity contribution in [2.24, 2.45) is 0 Å². The lowest BCUT2D eigenvalue weighted by Crippen LogP contribution is -2.01. The van der Waals surface area contributed by atoms with Gasteiger partial charge in [0.1, 0.15) is 0 Å². The molecule has 0 aliphatic carbocycles. The molecule has 10 aromatic rings. The van der Waals surface area contributed by atoms with Gasteiger partial charge in [-0.25, -0.2) is 15.0 Å². The summed E-state index contributed by atoms with van der Waals surface area (Å²) in [5.41, 5.74) is 10.7. The first kappa shape index (κ1) is 30.6. The van der Waals surface area contributed by atoms with E-state index in [0.717, 1.165) is 44.5 Å². The Morgan fingerprint density at radius 1 is 0.302 bits per heavy atom. The summed E-state index contributed by atoms with van der Waals surface area (Å²) in [5, 5.41) is 4.80. The van der Waals surface area contributed by atoms with Crippen molar-refractivity contribution in [1.29, 1.82) is 0 Å². The van der Waals surface area contributed by atoms with Gasteiger partial charge in [0, 0.05) is 33.2 Å². The normalized spacial score (nSPS) is 11.4. The molecule has 10 rings (SSSR count). The van der Waals surface area contributed by atoms with Crippen molar-refractivity contribution in [3.05, 3.63) is 194 Å². The highest BCUT2D eigenvalue weighted by Crippen LogP contribution is 2.37. The Morgan fingerprint density at radius 3 is 1.58 bits per heavy atom. The maximum Gasteiger partial charge on any atom is 0.164 e. The SMILES string of the molecule is c1ccc(-c2ccc(-c3nc(-c4ccc5ccccc5c4)nc(-c4ccccc4-c4cccc(-n5c6ccccc6c6ccccc65)c4)n3)cc2)cc1. The van der Waals surface area contributed by atoms with Gasteiger partial charge in [0.25, 0.3) is 0 Å². The summed E-state index contributed by atoms with van der Waals surface area (Å²) in [6.07, 6.45) is 0. The van der Waals surface area contributed by atoms with Crippen molar-refractivity contribution in [3.8, 4) is 62.1 Å². The maximum absolute atomic E-state index is 5.18. The van der Waals surface area contributed by atoms with Crippen LogP contribution in [0.3, 0.4) is 0 Å². The van der Waals surface area contributed by atoms with Crippen LogP contribution in [0.1, 0.15) is 0 Å². The first-order chi connectivity index (χ1) is 26.3. The van der Waals surface area contributed by atoms with Crippen LogP contribution in [0.2, 0.25) is 0 Å². The monoisotopic (exact) mass is 676 g/mol. The molecule has 0 saturated heterocycles. The molecule has 0 aliphatic heterocycles. The van der Waals surface area contributed by atoms with Crippen molar-refractivity contribution in [1.82, 2.24) is 19.5 Å². The van der Waals surface area contributed by atoms with Crippen LogP contribution in [0.4, 0.5) is 0 Å². The number of nitrogens with zero attached hydrogens (tertiary/aromatic N) is 4. The Labute approximate surface area is 307 Å². The van der Waals surface area contributed by atoms with Crippen LogP contribution in [0.5, 0.6) is 0 Å². The fourth-order valence-electron chi connectivity index (χ4n) is 7.47. The molecule has 0 N–H and O–H groups in total. The Balaban J connectivity index is 1.13. The minimum absolute atomic E-state index is 0.628. The fourth-order valence-corrected chi connectivity index (χ4v) is 7.47. The lowest BCUT2D eigenvalue weighted by molar-refractivity contribution is 1.07. The van der Waals surface area contributed by atoms with E-state index in [9.17, 15) is 0 Å². The van der Waals surface area contributed by atoms with Gasteiger partial charge in [-0.3, -0.25) is 0 Å². The van der Waals surface area contributed by atoms with Gasteiger partial charge in [-0.2, -0.15) is 0 Å². The molecule has 53 heavy (non-hydrogen) atoms. The summed E-state index contributed by atoms with van der Waals surface area (Å²) in [5.74, 6) is 1.89. The molecule has 4 heteroatoms. The van der Waals surface area contributed by atoms with Crippen molar-refractivity contribution >= 4 is 32.6 Å². The van der Waals surface area contributed by atoms with Crippen LogP contribution >= 0.6 is 0 Å². The second-order valence-electron chi connectivity index (χ2n) is 13.3. The van der Waals surface area contributed by atoms with Gasteiger partial charge >= 0.3 is 0 Å². The standard InChI is InChI=1S/C49H32N4/c1-2-13-33(14-3-1)35-25-28-36(29-26-35)47-50-48(39-30-27-34-15-4-5-16-37(34)31-39)52-49(51-47)44-22-7-6-19-41(44)38-17-12-18-40(32-38)53-45-23-10-8-20-42(45)43-21-9-11-24-46(43)53/h1-32H. The molecule has 2 aromatic heterocycles. The van der Waals surface area contributed by atoms with E-state index in [0.29, 0.717) is 17.5 Å². The van der Waals surface area contributed by atoms with Crippen LogP contribution in [-0.4, -0.2) is 19.5 Å². The zero-order chi connectivity index (χ0) is 35.1. The average molecular weight is 677 g/mol. The molecule has 0 unspecified atom stereocenters. The lowest BCUT2D eigenvalue weighted by Gasteiger charge is -2.14. The molecule has 0 fully saturated rings. The summed E-state index contributed by atoms with van der Waals surface area (Å²) >= 11 is 0. The number of benzene rings is 8. The third-order valence-electron chi connectivity index (χ3n) is 10.1. The molecule has 0 spiro atoms. The van der Waals surface area contributed by atoms with Crippen LogP contribution < -0.4 is 0 Å². The second-order valence-corrected chi connectivity index (χ2v) is 13.3. The number of rotatable bonds is 6. The highest BCUT2D eigenvalue weighted by atomic mass is 15.0. The molecule has 0 bridgehead atoms. The Bertz CT molecular complexity index is 2890. The smallest absolute Gasteiger partial charge is 0.164 e. The van der Waals surface area contributed by atoms with Crippen molar-refractivity contribution in [3.63, 3.8) is 0 Å². The largest absolute Gasteiger partial charge is 0.309 e. The number of hydrogen-bond acceptors (Lipinski definition) is 3. The molecule has 0 saturated carbocycles. The molecular weight excluding hydrogens is 645 g/mol. The quantitative estimate of drug-likeness (QED) is 0.176. The van der Waals surface area contributed by atoms with Crippen LogP contribution in [0.25, 0.3) is 94.7 Å². The molecule has 0 atom stereocenters. The van der Waals surface area contributed by atoms with Crippen LogP contribution in [0, 0.1) is 0 Å². The van der Waals surface area contributed by atoms with Gasteiger partial charge in [0.05, 0.1) is 11.0 Å². The number of aromatic nitrogens is 4. The van der Waals surface area contributed by atoms with Crippen molar-refractivity contribution in [2.75, 3.05) is 0 Å². The zero-order valence-electron chi connectivity index (χ0n) is 28.8. The third kappa shape index (κ3) is 5.54. The molecule has 0 amide bonds. The van der Waals surface area contributed by atoms with Gasteiger partial charge in [-0.05, 0) is 63.4 Å². The summed E-state index contributed by atoms with van der Waals surface area (Å²) in [6.45, 7) is 0. The molecule has 4 nitrogen and oxygen atoms in total. The highest BCUT2D eigenvalue weighted by molar-refractivity contribution is 6.09. The predicted octanol–water partition coefficient (Wildman–Crippen LogP) is 12.5. The highest BCUT2D eigenvalue weighted by Gasteiger charge is 2.18. The van der Waals surface area contributed by atoms with E-state index in [4.69, 9.17) is 15.0 Å². The van der Waals surface area contributed by atoms with Crippen molar-refractivity contribution < 1.29 is 0 Å². The maximum atomic E-state index is 5.18. The lowest BCUT2D eigenvalue weighted by atomic mass is 9.98. The first-order valence-corrected chi connectivity index (χ1v) is 17.9. The first-order valence-electron chi connectivity index (χ1n) is 17.9. The van der Waals surface area contributed by atoms with E-state index in [1.54, 1.807) is 0 Å². The van der Waals surface area contributed by atoms with Gasteiger partial charge in [-0.1, -0.05) is 164 Å². The predicted molar refractivity (Wildman–Crippen MR) is 219 cm³/mol. The van der Waals surface area contributed by atoms with Gasteiger partial charge in [0.15, 0.2) is 17.5 Å². The Morgan fingerprint density at radius 2 is 0.830 bits per heavy atom. The van der Waals surface area contributed by atoms with E-state index in [1.807, 2.05) is 6.07 Å². The van der Waals surface area contributed by atoms with Crippen LogP contribution in [0.15, 0.2) is 194 Å². The van der Waals surface area contributed by atoms with Gasteiger partial charge in [-0.15, -0.1) is 0 Å². The molecule has 2 heterocycles. The summed E-state index contributed by atoms with van der Waals surface area (Å²) in [4.78, 5) is 15.5. The minimum Gasteiger partial charge on any atom is -0.309 e. The number of para-hydroxylation sites is 2. The van der Waals surface area contributed by atoms with E-state index < -0.39 is 0 Å². The molecule has 8 aromatic carbocycles. The van der Waals surface area contributed by atoms with Gasteiger partial charge in [0.2, 0.25) is 0 Å². The summed E-state index contributed by atoms with van der Waals surface area (Å²) in [7, 11) is 0. The van der Waals surface area contributed by atoms with Gasteiger partial charge < -0.3 is 4.57 Å². The Hall–Kier alpha value is -7.17. The Kier molecular flexibility index (Phi) is 7.43. The third-order valence-corrected chi connectivity index (χ3v) is 10.1. The molecule has 0 radical (unpaired) electrons. The van der Waals surface area contributed by atoms with E-state index in [2.05, 4.69) is 193 Å². The fraction of sp³-hybridized carbons (Fsp3) is 0. The number of fused-ring (bicyclic) bond motifs is 4. The van der Waals surface area contributed by atoms with Crippen LogP contribution in [-0.2, 0) is 0 Å². The molecule has 248 valence electrons. The summed E-state index contributed by atoms with van der Waals surface area (Å²) < 4.78 is 2.36. The van der Waals surface area contributed by atoms with Crippen molar-refractivity contribution in [2.45, 2.75) is 0 Å². The average Bonchev–Trinajstić information content (AvgIpc) is 3.58. The minimum atomic E-state index is 0.628. The zero-order valence-corrected chi connectivity index (χ0v) is 28.8. The topological polar surface area (TPSA) is 43.6 Å². The molecule has 0 aliphatic rings. The van der Waals surface area contributed by atoms with E-state index in [1.165, 1.54) is 32.8 Å². The summed E-state index contributed by atoms with van der Waals surface area (Å²) in [6, 6.07) is 68.1.